The summed E-state index contributed by atoms with van der Waals surface area (Å²) in [6.45, 7) is 2.14. The first-order valence-corrected chi connectivity index (χ1v) is 3.07. The normalized spacial score (nSPS) is 11.6. The topological polar surface area (TPSA) is 46.5 Å². The molecule has 0 fully saturated rings. The highest BCUT2D eigenvalue weighted by Crippen LogP contribution is 1.94. The molecule has 0 radical (unpaired) electrons. The summed E-state index contributed by atoms with van der Waals surface area (Å²) < 4.78 is 4.73. The predicted octanol–water partition coefficient (Wildman–Crippen LogP) is 1.05. The third kappa shape index (κ3) is 4.09. The molecule has 0 spiro atoms. The number of ether oxygens (including phenoxy) is 1. The first kappa shape index (κ1) is 9.17. The maximum Gasteiger partial charge on any atom is 0.330 e. The lowest BCUT2D eigenvalue weighted by molar-refractivity contribution is -0.132. The van der Waals surface area contributed by atoms with Crippen LogP contribution in [0.2, 0.25) is 0 Å². The molecule has 0 amide bonds. The van der Waals surface area contributed by atoms with Crippen LogP contribution >= 0.6 is 0 Å². The first-order chi connectivity index (χ1) is 4.68. The van der Waals surface area contributed by atoms with E-state index in [0.29, 0.717) is 18.6 Å². The number of hydrogen-bond acceptors (Lipinski definition) is 2. The lowest BCUT2D eigenvalue weighted by Crippen LogP contribution is -1.96. The molecule has 0 aliphatic rings. The number of aliphatic carboxylic acids is 1. The van der Waals surface area contributed by atoms with Crippen molar-refractivity contribution in [1.82, 2.24) is 0 Å². The van der Waals surface area contributed by atoms with Gasteiger partial charge >= 0.3 is 5.97 Å². The molecule has 0 saturated heterocycles. The molecule has 0 aromatic rings. The summed E-state index contributed by atoms with van der Waals surface area (Å²) in [5.74, 6) is -0.865. The molecule has 0 bridgehead atoms. The van der Waals surface area contributed by atoms with Crippen molar-refractivity contribution in [2.45, 2.75) is 13.3 Å². The fourth-order valence-corrected chi connectivity index (χ4v) is 0.481. The second kappa shape index (κ2) is 4.99. The molecule has 0 aliphatic heterocycles. The fourth-order valence-electron chi connectivity index (χ4n) is 0.481. The highest BCUT2D eigenvalue weighted by molar-refractivity contribution is 5.85. The smallest absolute Gasteiger partial charge is 0.330 e. The molecule has 1 N–H and O–H groups in total. The van der Waals surface area contributed by atoms with Gasteiger partial charge < -0.3 is 9.84 Å². The van der Waals surface area contributed by atoms with Gasteiger partial charge in [0.1, 0.15) is 0 Å². The van der Waals surface area contributed by atoms with E-state index < -0.39 is 5.97 Å². The Morgan fingerprint density at radius 1 is 1.70 bits per heavy atom. The highest BCUT2D eigenvalue weighted by atomic mass is 16.5. The second-order valence-electron chi connectivity index (χ2n) is 1.97. The van der Waals surface area contributed by atoms with E-state index in [4.69, 9.17) is 9.84 Å². The van der Waals surface area contributed by atoms with Crippen molar-refractivity contribution in [3.05, 3.63) is 11.6 Å². The lowest BCUT2D eigenvalue weighted by Gasteiger charge is -1.93. The first-order valence-electron chi connectivity index (χ1n) is 3.07. The average Bonchev–Trinajstić information content (AvgIpc) is 1.88. The number of carbonyl (C=O) groups is 1. The van der Waals surface area contributed by atoms with Crippen LogP contribution in [0.15, 0.2) is 11.6 Å². The van der Waals surface area contributed by atoms with Gasteiger partial charge in [-0.15, -0.1) is 0 Å². The Hall–Kier alpha value is -0.830. The van der Waals surface area contributed by atoms with Crippen molar-refractivity contribution < 1.29 is 14.6 Å². The number of rotatable bonds is 4. The van der Waals surface area contributed by atoms with Gasteiger partial charge in [-0.25, -0.2) is 4.79 Å². The molecule has 0 aromatic carbocycles. The molecule has 58 valence electrons. The van der Waals surface area contributed by atoms with Crippen molar-refractivity contribution in [3.63, 3.8) is 0 Å². The van der Waals surface area contributed by atoms with E-state index in [2.05, 4.69) is 0 Å². The van der Waals surface area contributed by atoms with Gasteiger partial charge in [0.25, 0.3) is 0 Å². The number of methoxy groups -OCH3 is 1. The Morgan fingerprint density at radius 2 is 2.30 bits per heavy atom. The zero-order valence-electron chi connectivity index (χ0n) is 6.26. The molecule has 0 aliphatic carbocycles. The van der Waals surface area contributed by atoms with Crippen LogP contribution in [0.4, 0.5) is 0 Å². The zero-order valence-corrected chi connectivity index (χ0v) is 6.26. The van der Waals surface area contributed by atoms with E-state index in [9.17, 15) is 4.79 Å². The minimum atomic E-state index is -0.865. The van der Waals surface area contributed by atoms with Crippen LogP contribution in [-0.4, -0.2) is 24.8 Å². The van der Waals surface area contributed by atoms with Crippen LogP contribution in [0.25, 0.3) is 0 Å². The van der Waals surface area contributed by atoms with Gasteiger partial charge in [-0.2, -0.15) is 0 Å². The SMILES string of the molecule is COCCC=C(C)C(=O)O. The molecule has 0 atom stereocenters. The van der Waals surface area contributed by atoms with E-state index in [-0.39, 0.29) is 0 Å². The summed E-state index contributed by atoms with van der Waals surface area (Å²) in [6.07, 6.45) is 2.31. The maximum absolute atomic E-state index is 10.2. The van der Waals surface area contributed by atoms with Gasteiger partial charge in [0.2, 0.25) is 0 Å². The van der Waals surface area contributed by atoms with Gasteiger partial charge in [-0.05, 0) is 13.3 Å². The highest BCUT2D eigenvalue weighted by Gasteiger charge is 1.96. The van der Waals surface area contributed by atoms with Crippen LogP contribution in [0.3, 0.4) is 0 Å². The third-order valence-corrected chi connectivity index (χ3v) is 1.11. The van der Waals surface area contributed by atoms with E-state index in [1.54, 1.807) is 20.1 Å². The van der Waals surface area contributed by atoms with Crippen molar-refractivity contribution in [2.75, 3.05) is 13.7 Å². The molecule has 0 rings (SSSR count). The van der Waals surface area contributed by atoms with Crippen molar-refractivity contribution in [3.8, 4) is 0 Å². The standard InChI is InChI=1S/C7H12O3/c1-6(7(8)9)4-3-5-10-2/h4H,3,5H2,1-2H3,(H,8,9). The molecular weight excluding hydrogens is 132 g/mol. The van der Waals surface area contributed by atoms with Crippen LogP contribution in [0, 0.1) is 0 Å². The average molecular weight is 144 g/mol. The lowest BCUT2D eigenvalue weighted by atomic mass is 10.2. The van der Waals surface area contributed by atoms with Crippen LogP contribution in [0.1, 0.15) is 13.3 Å². The monoisotopic (exact) mass is 144 g/mol. The summed E-state index contributed by atoms with van der Waals surface area (Å²) in [4.78, 5) is 10.2. The third-order valence-electron chi connectivity index (χ3n) is 1.11. The quantitative estimate of drug-likeness (QED) is 0.474. The molecule has 3 heteroatoms. The van der Waals surface area contributed by atoms with Crippen molar-refractivity contribution in [1.29, 1.82) is 0 Å². The van der Waals surface area contributed by atoms with Gasteiger partial charge in [-0.1, -0.05) is 6.08 Å². The summed E-state index contributed by atoms with van der Waals surface area (Å²) in [5, 5.41) is 8.37. The predicted molar refractivity (Wildman–Crippen MR) is 37.9 cm³/mol. The summed E-state index contributed by atoms with van der Waals surface area (Å²) >= 11 is 0. The van der Waals surface area contributed by atoms with E-state index in [0.717, 1.165) is 0 Å². The molecule has 0 saturated carbocycles. The largest absolute Gasteiger partial charge is 0.478 e. The van der Waals surface area contributed by atoms with Gasteiger partial charge in [-0.3, -0.25) is 0 Å². The Kier molecular flexibility index (Phi) is 4.58. The number of hydrogen-bond donors (Lipinski definition) is 1. The van der Waals surface area contributed by atoms with Gasteiger partial charge in [0, 0.05) is 19.3 Å². The minimum absolute atomic E-state index is 0.372. The fraction of sp³-hybridized carbons (Fsp3) is 0.571. The number of carboxylic acid groups (broad SMARTS) is 1. The van der Waals surface area contributed by atoms with Crippen molar-refractivity contribution >= 4 is 5.97 Å². The Morgan fingerprint density at radius 3 is 2.70 bits per heavy atom. The molecule has 3 nitrogen and oxygen atoms in total. The molecule has 0 heterocycles. The number of carboxylic acids is 1. The summed E-state index contributed by atoms with van der Waals surface area (Å²) in [7, 11) is 1.59. The zero-order chi connectivity index (χ0) is 7.98. The minimum Gasteiger partial charge on any atom is -0.478 e. The Labute approximate surface area is 60.3 Å². The van der Waals surface area contributed by atoms with E-state index in [1.165, 1.54) is 0 Å². The Bertz CT molecular complexity index is 138. The molecule has 10 heavy (non-hydrogen) atoms. The van der Waals surface area contributed by atoms with Gasteiger partial charge in [0.15, 0.2) is 0 Å². The molecule has 0 unspecified atom stereocenters. The second-order valence-corrected chi connectivity index (χ2v) is 1.97. The van der Waals surface area contributed by atoms with E-state index in [1.807, 2.05) is 0 Å². The summed E-state index contributed by atoms with van der Waals surface area (Å²) in [5.41, 5.74) is 0.372. The van der Waals surface area contributed by atoms with Crippen molar-refractivity contribution in [2.24, 2.45) is 0 Å². The maximum atomic E-state index is 10.2. The van der Waals surface area contributed by atoms with Crippen LogP contribution < -0.4 is 0 Å². The Balaban J connectivity index is 3.58. The molecular formula is C7H12O3. The van der Waals surface area contributed by atoms with E-state index >= 15 is 0 Å². The summed E-state index contributed by atoms with van der Waals surface area (Å²) in [6, 6.07) is 0. The van der Waals surface area contributed by atoms with Gasteiger partial charge in [0.05, 0.1) is 0 Å². The molecule has 0 aromatic heterocycles. The van der Waals surface area contributed by atoms with Crippen LogP contribution in [0.5, 0.6) is 0 Å². The van der Waals surface area contributed by atoms with Crippen LogP contribution in [-0.2, 0) is 9.53 Å².